The van der Waals surface area contributed by atoms with Crippen LogP contribution in [0.1, 0.15) is 5.56 Å². The van der Waals surface area contributed by atoms with Crippen LogP contribution in [0, 0.1) is 20.2 Å². The van der Waals surface area contributed by atoms with E-state index in [9.17, 15) is 20.2 Å². The molecule has 0 atom stereocenters. The number of rotatable bonds is 6. The van der Waals surface area contributed by atoms with E-state index in [0.717, 1.165) is 16.1 Å². The number of halogens is 1. The minimum atomic E-state index is -0.659. The Morgan fingerprint density at radius 3 is 2.42 bits per heavy atom. The standard InChI is InChI=1S/C15H14BrN3O5/c1-17(9-10-7-11(16)3-6-15(10)24-2)13-5-4-12(18(20)21)8-14(13)19(22)23/h3-8H,9H2,1-2H3. The molecule has 0 heterocycles. The Morgan fingerprint density at radius 2 is 1.83 bits per heavy atom. The van der Waals surface area contributed by atoms with Gasteiger partial charge in [-0.1, -0.05) is 15.9 Å². The molecule has 0 aliphatic rings. The van der Waals surface area contributed by atoms with Crippen molar-refractivity contribution >= 4 is 33.0 Å². The van der Waals surface area contributed by atoms with E-state index in [1.165, 1.54) is 12.1 Å². The van der Waals surface area contributed by atoms with Crippen molar-refractivity contribution in [1.82, 2.24) is 0 Å². The summed E-state index contributed by atoms with van der Waals surface area (Å²) >= 11 is 3.38. The lowest BCUT2D eigenvalue weighted by molar-refractivity contribution is -0.393. The molecule has 0 N–H and O–H groups in total. The Morgan fingerprint density at radius 1 is 1.12 bits per heavy atom. The summed E-state index contributed by atoms with van der Waals surface area (Å²) in [7, 11) is 3.22. The highest BCUT2D eigenvalue weighted by Crippen LogP contribution is 2.33. The first kappa shape index (κ1) is 17.7. The number of nitro groups is 2. The SMILES string of the molecule is COc1ccc(Br)cc1CN(C)c1ccc([N+](=O)[O-])cc1[N+](=O)[O-]. The van der Waals surface area contributed by atoms with Gasteiger partial charge in [0.1, 0.15) is 11.4 Å². The summed E-state index contributed by atoms with van der Waals surface area (Å²) in [6.07, 6.45) is 0. The summed E-state index contributed by atoms with van der Waals surface area (Å²) in [5, 5.41) is 22.1. The number of nitrogens with zero attached hydrogens (tertiary/aromatic N) is 3. The second-order valence-corrected chi connectivity index (χ2v) is 5.92. The summed E-state index contributed by atoms with van der Waals surface area (Å²) in [5.41, 5.74) is 0.467. The van der Waals surface area contributed by atoms with Crippen molar-refractivity contribution in [1.29, 1.82) is 0 Å². The van der Waals surface area contributed by atoms with Gasteiger partial charge in [-0.05, 0) is 24.3 Å². The number of hydrogen-bond acceptors (Lipinski definition) is 6. The van der Waals surface area contributed by atoms with E-state index in [1.54, 1.807) is 25.1 Å². The molecule has 0 spiro atoms. The summed E-state index contributed by atoms with van der Waals surface area (Å²) in [5.74, 6) is 0.648. The molecule has 0 radical (unpaired) electrons. The number of nitro benzene ring substituents is 2. The average Bonchev–Trinajstić information content (AvgIpc) is 2.54. The zero-order valence-electron chi connectivity index (χ0n) is 12.9. The average molecular weight is 396 g/mol. The number of methoxy groups -OCH3 is 1. The zero-order valence-corrected chi connectivity index (χ0v) is 14.5. The first-order valence-electron chi connectivity index (χ1n) is 6.80. The maximum absolute atomic E-state index is 11.3. The van der Waals surface area contributed by atoms with Gasteiger partial charge in [0.05, 0.1) is 23.0 Å². The number of anilines is 1. The van der Waals surface area contributed by atoms with Gasteiger partial charge in [-0.15, -0.1) is 0 Å². The summed E-state index contributed by atoms with van der Waals surface area (Å²) < 4.78 is 6.15. The van der Waals surface area contributed by atoms with Gasteiger partial charge in [0.25, 0.3) is 11.4 Å². The first-order valence-corrected chi connectivity index (χ1v) is 7.59. The van der Waals surface area contributed by atoms with Gasteiger partial charge in [0, 0.05) is 29.7 Å². The zero-order chi connectivity index (χ0) is 17.9. The number of non-ortho nitro benzene ring substituents is 1. The van der Waals surface area contributed by atoms with E-state index in [1.807, 2.05) is 12.1 Å². The molecule has 2 aromatic rings. The highest BCUT2D eigenvalue weighted by atomic mass is 79.9. The summed E-state index contributed by atoms with van der Waals surface area (Å²) in [4.78, 5) is 22.4. The maximum Gasteiger partial charge on any atom is 0.299 e. The Kier molecular flexibility index (Phi) is 5.35. The normalized spacial score (nSPS) is 10.3. The van der Waals surface area contributed by atoms with Crippen molar-refractivity contribution in [3.05, 3.63) is 66.7 Å². The molecule has 0 aliphatic heterocycles. The van der Waals surface area contributed by atoms with E-state index < -0.39 is 9.85 Å². The van der Waals surface area contributed by atoms with Crippen molar-refractivity contribution in [2.45, 2.75) is 6.54 Å². The van der Waals surface area contributed by atoms with Crippen LogP contribution in [0.15, 0.2) is 40.9 Å². The third-order valence-electron chi connectivity index (χ3n) is 3.43. The summed E-state index contributed by atoms with van der Waals surface area (Å²) in [6.45, 7) is 0.335. The van der Waals surface area contributed by atoms with E-state index in [0.29, 0.717) is 12.3 Å². The second kappa shape index (κ2) is 7.26. The van der Waals surface area contributed by atoms with E-state index in [-0.39, 0.29) is 17.1 Å². The van der Waals surface area contributed by atoms with Crippen LogP contribution >= 0.6 is 15.9 Å². The van der Waals surface area contributed by atoms with Crippen LogP contribution in [-0.2, 0) is 6.54 Å². The van der Waals surface area contributed by atoms with Crippen LogP contribution < -0.4 is 9.64 Å². The highest BCUT2D eigenvalue weighted by Gasteiger charge is 2.22. The Balaban J connectivity index is 2.39. The first-order chi connectivity index (χ1) is 11.3. The number of benzene rings is 2. The predicted molar refractivity (Wildman–Crippen MR) is 92.6 cm³/mol. The van der Waals surface area contributed by atoms with Gasteiger partial charge < -0.3 is 9.64 Å². The smallest absolute Gasteiger partial charge is 0.299 e. The molecule has 8 nitrogen and oxygen atoms in total. The molecule has 0 bridgehead atoms. The molecule has 0 fully saturated rings. The lowest BCUT2D eigenvalue weighted by Gasteiger charge is -2.20. The lowest BCUT2D eigenvalue weighted by atomic mass is 10.1. The van der Waals surface area contributed by atoms with Gasteiger partial charge in [0.2, 0.25) is 0 Å². The Bertz CT molecular complexity index is 797. The van der Waals surface area contributed by atoms with Crippen LogP contribution in [-0.4, -0.2) is 24.0 Å². The molecule has 9 heteroatoms. The number of ether oxygens (including phenoxy) is 1. The molecule has 0 aromatic heterocycles. The molecule has 2 aromatic carbocycles. The molecule has 0 unspecified atom stereocenters. The minimum Gasteiger partial charge on any atom is -0.496 e. The fourth-order valence-electron chi connectivity index (χ4n) is 2.31. The summed E-state index contributed by atoms with van der Waals surface area (Å²) in [6, 6.07) is 9.06. The van der Waals surface area contributed by atoms with E-state index in [2.05, 4.69) is 15.9 Å². The van der Waals surface area contributed by atoms with Crippen molar-refractivity contribution in [3.63, 3.8) is 0 Å². The monoisotopic (exact) mass is 395 g/mol. The van der Waals surface area contributed by atoms with Gasteiger partial charge in [-0.3, -0.25) is 20.2 Å². The van der Waals surface area contributed by atoms with Crippen LogP contribution in [0.4, 0.5) is 17.1 Å². The highest BCUT2D eigenvalue weighted by molar-refractivity contribution is 9.10. The fourth-order valence-corrected chi connectivity index (χ4v) is 2.71. The van der Waals surface area contributed by atoms with Crippen molar-refractivity contribution in [2.75, 3.05) is 19.1 Å². The van der Waals surface area contributed by atoms with Crippen molar-refractivity contribution in [3.8, 4) is 5.75 Å². The third kappa shape index (κ3) is 3.80. The molecule has 0 amide bonds. The molecule has 0 saturated heterocycles. The quantitative estimate of drug-likeness (QED) is 0.542. The van der Waals surface area contributed by atoms with Gasteiger partial charge in [-0.2, -0.15) is 0 Å². The lowest BCUT2D eigenvalue weighted by Crippen LogP contribution is -2.18. The van der Waals surface area contributed by atoms with Gasteiger partial charge in [-0.25, -0.2) is 0 Å². The van der Waals surface area contributed by atoms with Crippen LogP contribution in [0.2, 0.25) is 0 Å². The molecule has 0 saturated carbocycles. The van der Waals surface area contributed by atoms with Gasteiger partial charge in [0.15, 0.2) is 0 Å². The fraction of sp³-hybridized carbons (Fsp3) is 0.200. The number of hydrogen-bond donors (Lipinski definition) is 0. The van der Waals surface area contributed by atoms with Crippen LogP contribution in [0.3, 0.4) is 0 Å². The molecular formula is C15H14BrN3O5. The van der Waals surface area contributed by atoms with Crippen molar-refractivity contribution < 1.29 is 14.6 Å². The predicted octanol–water partition coefficient (Wildman–Crippen LogP) is 3.91. The van der Waals surface area contributed by atoms with E-state index >= 15 is 0 Å². The molecular weight excluding hydrogens is 382 g/mol. The minimum absolute atomic E-state index is 0.285. The molecule has 0 aliphatic carbocycles. The largest absolute Gasteiger partial charge is 0.496 e. The third-order valence-corrected chi connectivity index (χ3v) is 3.92. The van der Waals surface area contributed by atoms with E-state index in [4.69, 9.17) is 4.74 Å². The topological polar surface area (TPSA) is 98.8 Å². The Hall–Kier alpha value is -2.68. The Labute approximate surface area is 146 Å². The molecule has 126 valence electrons. The second-order valence-electron chi connectivity index (χ2n) is 5.00. The van der Waals surface area contributed by atoms with Gasteiger partial charge >= 0.3 is 0 Å². The van der Waals surface area contributed by atoms with Crippen LogP contribution in [0.5, 0.6) is 5.75 Å². The molecule has 2 rings (SSSR count). The van der Waals surface area contributed by atoms with Crippen LogP contribution in [0.25, 0.3) is 0 Å². The van der Waals surface area contributed by atoms with Crippen molar-refractivity contribution in [2.24, 2.45) is 0 Å². The molecule has 24 heavy (non-hydrogen) atoms. The maximum atomic E-state index is 11.3.